The van der Waals surface area contributed by atoms with Gasteiger partial charge in [-0.2, -0.15) is 0 Å². The van der Waals surface area contributed by atoms with Gasteiger partial charge in [0.2, 0.25) is 5.91 Å². The van der Waals surface area contributed by atoms with Crippen molar-refractivity contribution in [3.63, 3.8) is 0 Å². The maximum atomic E-state index is 13.0. The van der Waals surface area contributed by atoms with Crippen molar-refractivity contribution in [1.82, 2.24) is 0 Å². The molecule has 0 atom stereocenters. The molecule has 0 saturated heterocycles. The molecule has 1 N–H and O–H groups in total. The normalized spacial score (nSPS) is 9.70. The number of nitrogens with one attached hydrogen (secondary N) is 1. The SMILES string of the molecule is Cc1cc[n+](CCC(=O)Nc2cccc(F)c2)cc1.[Br-]. The molecule has 0 bridgehead atoms. The monoisotopic (exact) mass is 338 g/mol. The van der Waals surface area contributed by atoms with Gasteiger partial charge < -0.3 is 22.3 Å². The van der Waals surface area contributed by atoms with Gasteiger partial charge in [-0.15, -0.1) is 0 Å². The summed E-state index contributed by atoms with van der Waals surface area (Å²) >= 11 is 0. The van der Waals surface area contributed by atoms with E-state index >= 15 is 0 Å². The van der Waals surface area contributed by atoms with E-state index in [-0.39, 0.29) is 28.7 Å². The Kier molecular flexibility index (Phi) is 6.31. The molecule has 2 aromatic rings. The van der Waals surface area contributed by atoms with Crippen LogP contribution < -0.4 is 26.9 Å². The average Bonchev–Trinajstić information content (AvgIpc) is 2.38. The summed E-state index contributed by atoms with van der Waals surface area (Å²) in [6.45, 7) is 2.61. The second-order valence-electron chi connectivity index (χ2n) is 4.42. The zero-order valence-corrected chi connectivity index (χ0v) is 12.7. The van der Waals surface area contributed by atoms with Crippen molar-refractivity contribution >= 4 is 11.6 Å². The number of carbonyl (C=O) groups excluding carboxylic acids is 1. The first-order valence-corrected chi connectivity index (χ1v) is 6.14. The van der Waals surface area contributed by atoms with Crippen LogP contribution >= 0.6 is 0 Å². The lowest BCUT2D eigenvalue weighted by molar-refractivity contribution is -0.695. The summed E-state index contributed by atoms with van der Waals surface area (Å²) in [5.74, 6) is -0.482. The van der Waals surface area contributed by atoms with E-state index in [2.05, 4.69) is 5.32 Å². The van der Waals surface area contributed by atoms with Gasteiger partial charge in [-0.1, -0.05) is 6.07 Å². The first-order valence-electron chi connectivity index (χ1n) is 6.14. The predicted octanol–water partition coefficient (Wildman–Crippen LogP) is -0.546. The Morgan fingerprint density at radius 1 is 1.25 bits per heavy atom. The van der Waals surface area contributed by atoms with Crippen molar-refractivity contribution in [3.8, 4) is 0 Å². The minimum atomic E-state index is -0.356. The molecule has 1 amide bonds. The van der Waals surface area contributed by atoms with Gasteiger partial charge in [-0.05, 0) is 30.7 Å². The molecule has 1 heterocycles. The lowest BCUT2D eigenvalue weighted by Crippen LogP contribution is -3.00. The number of hydrogen-bond acceptors (Lipinski definition) is 1. The Morgan fingerprint density at radius 3 is 2.60 bits per heavy atom. The molecular weight excluding hydrogens is 323 g/mol. The van der Waals surface area contributed by atoms with Crippen LogP contribution in [0.5, 0.6) is 0 Å². The molecule has 3 nitrogen and oxygen atoms in total. The van der Waals surface area contributed by atoms with Gasteiger partial charge >= 0.3 is 0 Å². The van der Waals surface area contributed by atoms with Gasteiger partial charge in [0.05, 0.1) is 6.42 Å². The second kappa shape index (κ2) is 7.75. The highest BCUT2D eigenvalue weighted by Crippen LogP contribution is 2.09. The Morgan fingerprint density at radius 2 is 1.95 bits per heavy atom. The van der Waals surface area contributed by atoms with Gasteiger partial charge in [0.25, 0.3) is 0 Å². The molecule has 0 radical (unpaired) electrons. The Balaban J connectivity index is 0.00000200. The van der Waals surface area contributed by atoms with Crippen LogP contribution in [0, 0.1) is 12.7 Å². The van der Waals surface area contributed by atoms with Crippen LogP contribution in [0.1, 0.15) is 12.0 Å². The highest BCUT2D eigenvalue weighted by atomic mass is 79.9. The van der Waals surface area contributed by atoms with E-state index in [0.29, 0.717) is 18.7 Å². The third-order valence-corrected chi connectivity index (χ3v) is 2.76. The van der Waals surface area contributed by atoms with E-state index in [0.717, 1.165) is 0 Å². The standard InChI is InChI=1S/C15H15FN2O.BrH/c1-12-5-8-18(9-6-12)10-7-15(19)17-14-4-2-3-13(16)11-14;/h2-6,8-9,11H,7,10H2,1H3;1H. The summed E-state index contributed by atoms with van der Waals surface area (Å²) in [6, 6.07) is 9.86. The molecular formula is C15H16BrFN2O. The maximum absolute atomic E-state index is 13.0. The summed E-state index contributed by atoms with van der Waals surface area (Å²) in [5.41, 5.74) is 1.67. The number of anilines is 1. The fraction of sp³-hybridized carbons (Fsp3) is 0.200. The molecule has 1 aromatic carbocycles. The van der Waals surface area contributed by atoms with E-state index in [1.807, 2.05) is 36.0 Å². The van der Waals surface area contributed by atoms with Crippen LogP contribution in [0.25, 0.3) is 0 Å². The Bertz CT molecular complexity index is 572. The van der Waals surface area contributed by atoms with Gasteiger partial charge in [0, 0.05) is 17.8 Å². The van der Waals surface area contributed by atoms with Crippen LogP contribution in [0.3, 0.4) is 0 Å². The van der Waals surface area contributed by atoms with Crippen molar-refractivity contribution in [2.24, 2.45) is 0 Å². The molecule has 0 aliphatic carbocycles. The van der Waals surface area contributed by atoms with Crippen LogP contribution in [-0.2, 0) is 11.3 Å². The molecule has 0 fully saturated rings. The minimum absolute atomic E-state index is 0. The van der Waals surface area contributed by atoms with Crippen LogP contribution in [0.15, 0.2) is 48.8 Å². The number of hydrogen-bond donors (Lipinski definition) is 1. The largest absolute Gasteiger partial charge is 1.00 e. The van der Waals surface area contributed by atoms with E-state index in [4.69, 9.17) is 0 Å². The zero-order valence-electron chi connectivity index (χ0n) is 11.1. The summed E-state index contributed by atoms with van der Waals surface area (Å²) in [5, 5.41) is 2.67. The van der Waals surface area contributed by atoms with E-state index in [1.54, 1.807) is 12.1 Å². The third kappa shape index (κ3) is 5.09. The van der Waals surface area contributed by atoms with Crippen LogP contribution in [0.2, 0.25) is 0 Å². The summed E-state index contributed by atoms with van der Waals surface area (Å²) in [6.07, 6.45) is 4.22. The van der Waals surface area contributed by atoms with E-state index in [1.165, 1.54) is 17.7 Å². The molecule has 0 spiro atoms. The second-order valence-corrected chi connectivity index (χ2v) is 4.42. The van der Waals surface area contributed by atoms with Gasteiger partial charge in [0.15, 0.2) is 18.9 Å². The summed E-state index contributed by atoms with van der Waals surface area (Å²) < 4.78 is 14.9. The molecule has 0 aliphatic rings. The quantitative estimate of drug-likeness (QED) is 0.746. The third-order valence-electron chi connectivity index (χ3n) is 2.76. The number of halogens is 2. The molecule has 0 unspecified atom stereocenters. The molecule has 0 aliphatic heterocycles. The first-order chi connectivity index (χ1) is 9.13. The molecule has 2 rings (SSSR count). The van der Waals surface area contributed by atoms with E-state index in [9.17, 15) is 9.18 Å². The highest BCUT2D eigenvalue weighted by molar-refractivity contribution is 5.90. The lowest BCUT2D eigenvalue weighted by atomic mass is 10.3. The summed E-state index contributed by atoms with van der Waals surface area (Å²) in [7, 11) is 0. The molecule has 1 aromatic heterocycles. The first kappa shape index (κ1) is 16.3. The molecule has 20 heavy (non-hydrogen) atoms. The number of rotatable bonds is 4. The van der Waals surface area contributed by atoms with Crippen LogP contribution in [0.4, 0.5) is 10.1 Å². The van der Waals surface area contributed by atoms with Crippen molar-refractivity contribution in [2.75, 3.05) is 5.32 Å². The average molecular weight is 339 g/mol. The number of aryl methyl sites for hydroxylation is 2. The predicted molar refractivity (Wildman–Crippen MR) is 71.0 cm³/mol. The highest BCUT2D eigenvalue weighted by Gasteiger charge is 2.07. The van der Waals surface area contributed by atoms with Crippen LogP contribution in [-0.4, -0.2) is 5.91 Å². The number of amides is 1. The fourth-order valence-corrected chi connectivity index (χ4v) is 1.70. The van der Waals surface area contributed by atoms with Crippen molar-refractivity contribution in [2.45, 2.75) is 19.9 Å². The minimum Gasteiger partial charge on any atom is -1.00 e. The maximum Gasteiger partial charge on any atom is 0.230 e. The number of aromatic nitrogens is 1. The van der Waals surface area contributed by atoms with E-state index < -0.39 is 0 Å². The molecule has 5 heteroatoms. The Labute approximate surface area is 128 Å². The van der Waals surface area contributed by atoms with Crippen molar-refractivity contribution < 1.29 is 30.7 Å². The number of carbonyl (C=O) groups is 1. The number of pyridine rings is 1. The zero-order chi connectivity index (χ0) is 13.7. The van der Waals surface area contributed by atoms with Crippen molar-refractivity contribution in [3.05, 3.63) is 60.2 Å². The topological polar surface area (TPSA) is 33.0 Å². The van der Waals surface area contributed by atoms with Gasteiger partial charge in [-0.25, -0.2) is 8.96 Å². The smallest absolute Gasteiger partial charge is 0.230 e. The number of benzene rings is 1. The van der Waals surface area contributed by atoms with Gasteiger partial charge in [0.1, 0.15) is 5.82 Å². The lowest BCUT2D eigenvalue weighted by Gasteiger charge is -2.03. The van der Waals surface area contributed by atoms with Crippen molar-refractivity contribution in [1.29, 1.82) is 0 Å². The van der Waals surface area contributed by atoms with Gasteiger partial charge in [-0.3, -0.25) is 4.79 Å². The number of nitrogens with zero attached hydrogens (tertiary/aromatic N) is 1. The molecule has 106 valence electrons. The Hall–Kier alpha value is -1.75. The fourth-order valence-electron chi connectivity index (χ4n) is 1.70. The summed E-state index contributed by atoms with van der Waals surface area (Å²) in [4.78, 5) is 11.7. The molecule has 0 saturated carbocycles.